The first-order valence-electron chi connectivity index (χ1n) is 5.46. The third-order valence-corrected chi connectivity index (χ3v) is 2.98. The van der Waals surface area contributed by atoms with Crippen molar-refractivity contribution >= 4 is 5.97 Å². The van der Waals surface area contributed by atoms with Crippen molar-refractivity contribution in [2.24, 2.45) is 0 Å². The highest BCUT2D eigenvalue weighted by atomic mass is 19.1. The van der Waals surface area contributed by atoms with Gasteiger partial charge in [0.05, 0.1) is 11.4 Å². The Hall–Kier alpha value is -2.21. The SMILES string of the molecule is O=C(O)c1ncn2c1CNCc1ccc(F)cc1-2. The van der Waals surface area contributed by atoms with Crippen molar-refractivity contribution in [2.75, 3.05) is 0 Å². The molecule has 1 aliphatic rings. The molecule has 1 aliphatic heterocycles. The number of carboxylic acids is 1. The number of fused-ring (bicyclic) bond motifs is 3. The molecule has 0 atom stereocenters. The maximum absolute atomic E-state index is 13.3. The molecule has 5 nitrogen and oxygen atoms in total. The van der Waals surface area contributed by atoms with Crippen LogP contribution in [0.5, 0.6) is 0 Å². The number of nitrogens with one attached hydrogen (secondary N) is 1. The topological polar surface area (TPSA) is 67.1 Å². The first kappa shape index (κ1) is 10.9. The molecular weight excluding hydrogens is 237 g/mol. The Morgan fingerprint density at radius 2 is 2.28 bits per heavy atom. The fraction of sp³-hybridized carbons (Fsp3) is 0.167. The number of halogens is 1. The fourth-order valence-corrected chi connectivity index (χ4v) is 2.16. The van der Waals surface area contributed by atoms with Crippen LogP contribution in [0.25, 0.3) is 5.69 Å². The number of carbonyl (C=O) groups is 1. The van der Waals surface area contributed by atoms with E-state index in [-0.39, 0.29) is 11.5 Å². The number of nitrogens with zero attached hydrogens (tertiary/aromatic N) is 2. The third-order valence-electron chi connectivity index (χ3n) is 2.98. The van der Waals surface area contributed by atoms with Crippen LogP contribution in [0.15, 0.2) is 24.5 Å². The number of rotatable bonds is 1. The summed E-state index contributed by atoms with van der Waals surface area (Å²) in [7, 11) is 0. The van der Waals surface area contributed by atoms with Gasteiger partial charge in [-0.1, -0.05) is 6.07 Å². The van der Waals surface area contributed by atoms with Gasteiger partial charge in [0.2, 0.25) is 0 Å². The molecule has 2 aromatic rings. The van der Waals surface area contributed by atoms with E-state index in [9.17, 15) is 9.18 Å². The molecule has 0 aliphatic carbocycles. The van der Waals surface area contributed by atoms with E-state index in [0.29, 0.717) is 24.5 Å². The molecule has 3 rings (SSSR count). The molecule has 0 spiro atoms. The first-order chi connectivity index (χ1) is 8.66. The van der Waals surface area contributed by atoms with E-state index in [0.717, 1.165) is 5.56 Å². The predicted molar refractivity (Wildman–Crippen MR) is 61.0 cm³/mol. The number of hydrogen-bond acceptors (Lipinski definition) is 3. The molecule has 18 heavy (non-hydrogen) atoms. The van der Waals surface area contributed by atoms with Gasteiger partial charge in [-0.15, -0.1) is 0 Å². The van der Waals surface area contributed by atoms with Gasteiger partial charge in [0, 0.05) is 13.1 Å². The van der Waals surface area contributed by atoms with Crippen molar-refractivity contribution < 1.29 is 14.3 Å². The normalized spacial score (nSPS) is 13.6. The Bertz CT molecular complexity index is 636. The van der Waals surface area contributed by atoms with Crippen molar-refractivity contribution in [3.05, 3.63) is 47.3 Å². The van der Waals surface area contributed by atoms with E-state index >= 15 is 0 Å². The molecule has 0 amide bonds. The average molecular weight is 247 g/mol. The van der Waals surface area contributed by atoms with Crippen molar-refractivity contribution in [3.8, 4) is 5.69 Å². The third kappa shape index (κ3) is 1.58. The lowest BCUT2D eigenvalue weighted by atomic mass is 10.1. The summed E-state index contributed by atoms with van der Waals surface area (Å²) in [4.78, 5) is 14.9. The van der Waals surface area contributed by atoms with Gasteiger partial charge in [0.25, 0.3) is 0 Å². The van der Waals surface area contributed by atoms with E-state index in [2.05, 4.69) is 10.3 Å². The van der Waals surface area contributed by atoms with Crippen LogP contribution >= 0.6 is 0 Å². The second-order valence-corrected chi connectivity index (χ2v) is 4.09. The van der Waals surface area contributed by atoms with Crippen molar-refractivity contribution in [1.29, 1.82) is 0 Å². The van der Waals surface area contributed by atoms with Gasteiger partial charge in [0.15, 0.2) is 5.69 Å². The zero-order valence-corrected chi connectivity index (χ0v) is 9.35. The highest BCUT2D eigenvalue weighted by Crippen LogP contribution is 2.23. The number of carboxylic acid groups (broad SMARTS) is 1. The van der Waals surface area contributed by atoms with E-state index in [1.807, 2.05) is 0 Å². The van der Waals surface area contributed by atoms with Crippen LogP contribution in [-0.4, -0.2) is 20.6 Å². The molecule has 0 bridgehead atoms. The summed E-state index contributed by atoms with van der Waals surface area (Å²) in [6.45, 7) is 0.953. The van der Waals surface area contributed by atoms with Gasteiger partial charge in [-0.2, -0.15) is 0 Å². The maximum atomic E-state index is 13.3. The lowest BCUT2D eigenvalue weighted by Crippen LogP contribution is -2.14. The van der Waals surface area contributed by atoms with Crippen molar-refractivity contribution in [3.63, 3.8) is 0 Å². The van der Waals surface area contributed by atoms with Crippen molar-refractivity contribution in [1.82, 2.24) is 14.9 Å². The second kappa shape index (κ2) is 3.92. The first-order valence-corrected chi connectivity index (χ1v) is 5.46. The quantitative estimate of drug-likeness (QED) is 0.797. The molecule has 0 unspecified atom stereocenters. The monoisotopic (exact) mass is 247 g/mol. The predicted octanol–water partition coefficient (Wildman–Crippen LogP) is 1.31. The van der Waals surface area contributed by atoms with E-state index in [4.69, 9.17) is 5.11 Å². The number of aromatic nitrogens is 2. The molecule has 1 aromatic carbocycles. The van der Waals surface area contributed by atoms with E-state index in [1.165, 1.54) is 18.5 Å². The summed E-state index contributed by atoms with van der Waals surface area (Å²) in [5.41, 5.74) is 2.07. The number of hydrogen-bond donors (Lipinski definition) is 2. The minimum atomic E-state index is -1.08. The highest BCUT2D eigenvalue weighted by molar-refractivity contribution is 5.87. The molecule has 2 N–H and O–H groups in total. The smallest absolute Gasteiger partial charge is 0.356 e. The van der Waals surface area contributed by atoms with Crippen LogP contribution in [0.1, 0.15) is 21.7 Å². The van der Waals surface area contributed by atoms with Gasteiger partial charge in [0.1, 0.15) is 12.1 Å². The molecule has 0 fully saturated rings. The van der Waals surface area contributed by atoms with Crippen LogP contribution in [-0.2, 0) is 13.1 Å². The summed E-state index contributed by atoms with van der Waals surface area (Å²) in [5, 5.41) is 12.2. The Labute approximate surface area is 102 Å². The van der Waals surface area contributed by atoms with Gasteiger partial charge < -0.3 is 15.0 Å². The summed E-state index contributed by atoms with van der Waals surface area (Å²) >= 11 is 0. The minimum Gasteiger partial charge on any atom is -0.476 e. The Kier molecular flexibility index (Phi) is 2.38. The molecule has 0 saturated heterocycles. The molecule has 0 saturated carbocycles. The lowest BCUT2D eigenvalue weighted by Gasteiger charge is -2.08. The molecule has 2 heterocycles. The summed E-state index contributed by atoms with van der Waals surface area (Å²) < 4.78 is 14.9. The van der Waals surface area contributed by atoms with E-state index < -0.39 is 5.97 Å². The summed E-state index contributed by atoms with van der Waals surface area (Å²) in [6.07, 6.45) is 1.42. The number of imidazole rings is 1. The van der Waals surface area contributed by atoms with Crippen LogP contribution < -0.4 is 5.32 Å². The zero-order valence-electron chi connectivity index (χ0n) is 9.35. The second-order valence-electron chi connectivity index (χ2n) is 4.09. The summed E-state index contributed by atoms with van der Waals surface area (Å²) in [5.74, 6) is -1.43. The van der Waals surface area contributed by atoms with Gasteiger partial charge in [-0.25, -0.2) is 14.2 Å². The largest absolute Gasteiger partial charge is 0.476 e. The zero-order chi connectivity index (χ0) is 12.7. The van der Waals surface area contributed by atoms with Crippen molar-refractivity contribution in [2.45, 2.75) is 13.1 Å². The Balaban J connectivity index is 2.25. The Morgan fingerprint density at radius 1 is 1.44 bits per heavy atom. The van der Waals surface area contributed by atoms with Crippen LogP contribution in [0, 0.1) is 5.82 Å². The molecule has 92 valence electrons. The standard InChI is InChI=1S/C12H10FN3O2/c13-8-2-1-7-4-14-5-10-11(12(17)18)15-6-16(10)9(7)3-8/h1-3,6,14H,4-5H2,(H,17,18). The Morgan fingerprint density at radius 3 is 3.06 bits per heavy atom. The molecule has 1 aromatic heterocycles. The van der Waals surface area contributed by atoms with Gasteiger partial charge in [-0.3, -0.25) is 0 Å². The molecule has 6 heteroatoms. The average Bonchev–Trinajstić information content (AvgIpc) is 2.67. The fourth-order valence-electron chi connectivity index (χ4n) is 2.16. The minimum absolute atomic E-state index is 0.000360. The summed E-state index contributed by atoms with van der Waals surface area (Å²) in [6, 6.07) is 4.47. The highest BCUT2D eigenvalue weighted by Gasteiger charge is 2.21. The van der Waals surface area contributed by atoms with Crippen LogP contribution in [0.2, 0.25) is 0 Å². The number of aromatic carboxylic acids is 1. The van der Waals surface area contributed by atoms with Gasteiger partial charge in [-0.05, 0) is 17.7 Å². The van der Waals surface area contributed by atoms with Crippen LogP contribution in [0.3, 0.4) is 0 Å². The van der Waals surface area contributed by atoms with Crippen LogP contribution in [0.4, 0.5) is 4.39 Å². The lowest BCUT2D eigenvalue weighted by molar-refractivity contribution is 0.0689. The van der Waals surface area contributed by atoms with Gasteiger partial charge >= 0.3 is 5.97 Å². The molecular formula is C12H10FN3O2. The maximum Gasteiger partial charge on any atom is 0.356 e. The van der Waals surface area contributed by atoms with E-state index in [1.54, 1.807) is 10.6 Å². The molecule has 0 radical (unpaired) electrons. The number of benzene rings is 1.